The largest absolute Gasteiger partial charge is 0.489 e. The minimum absolute atomic E-state index is 0.0289. The molecule has 0 atom stereocenters. The standard InChI is InChI=1S/C25H18ClFO3/c1-16-13-18(29-12-6-9-17-7-3-2-4-8-17)14-22-24(16)25(28)23(30-22)15-19-20(26)10-5-11-21(19)27/h2-11,13-15H,12H2,1H3/b9-6+,23-15-. The van der Waals surface area contributed by atoms with Crippen LogP contribution in [0.25, 0.3) is 12.2 Å². The number of fused-ring (bicyclic) bond motifs is 1. The lowest BCUT2D eigenvalue weighted by atomic mass is 10.0. The number of halogens is 2. The molecule has 0 radical (unpaired) electrons. The third kappa shape index (κ3) is 4.14. The van der Waals surface area contributed by atoms with E-state index in [9.17, 15) is 9.18 Å². The average molecular weight is 421 g/mol. The lowest BCUT2D eigenvalue weighted by molar-refractivity contribution is 0.101. The van der Waals surface area contributed by atoms with Gasteiger partial charge in [-0.2, -0.15) is 0 Å². The van der Waals surface area contributed by atoms with Crippen LogP contribution in [0, 0.1) is 12.7 Å². The van der Waals surface area contributed by atoms with Gasteiger partial charge in [0.1, 0.15) is 23.9 Å². The van der Waals surface area contributed by atoms with Gasteiger partial charge >= 0.3 is 0 Å². The number of ether oxygens (including phenoxy) is 2. The van der Waals surface area contributed by atoms with Crippen LogP contribution < -0.4 is 9.47 Å². The molecule has 0 aromatic heterocycles. The number of benzene rings is 3. The summed E-state index contributed by atoms with van der Waals surface area (Å²) in [6.07, 6.45) is 5.22. The molecular formula is C25H18ClFO3. The molecule has 0 saturated carbocycles. The fourth-order valence-corrected chi connectivity index (χ4v) is 3.45. The first kappa shape index (κ1) is 19.9. The lowest BCUT2D eigenvalue weighted by Gasteiger charge is -2.07. The summed E-state index contributed by atoms with van der Waals surface area (Å²) in [6, 6.07) is 17.7. The Morgan fingerprint density at radius 3 is 2.67 bits per heavy atom. The highest BCUT2D eigenvalue weighted by atomic mass is 35.5. The Kier molecular flexibility index (Phi) is 5.68. The van der Waals surface area contributed by atoms with Crippen LogP contribution in [0.2, 0.25) is 5.02 Å². The highest BCUT2D eigenvalue weighted by Gasteiger charge is 2.30. The molecule has 3 nitrogen and oxygen atoms in total. The number of allylic oxidation sites excluding steroid dienone is 1. The molecule has 1 heterocycles. The Balaban J connectivity index is 1.52. The number of aryl methyl sites for hydroxylation is 1. The Bertz CT molecular complexity index is 1150. The summed E-state index contributed by atoms with van der Waals surface area (Å²) in [7, 11) is 0. The van der Waals surface area contributed by atoms with Crippen LogP contribution in [0.1, 0.15) is 27.0 Å². The first-order chi connectivity index (χ1) is 14.5. The molecule has 0 N–H and O–H groups in total. The van der Waals surface area contributed by atoms with Gasteiger partial charge in [-0.25, -0.2) is 4.39 Å². The molecular weight excluding hydrogens is 403 g/mol. The van der Waals surface area contributed by atoms with Crippen LogP contribution >= 0.6 is 11.6 Å². The lowest BCUT2D eigenvalue weighted by Crippen LogP contribution is -2.00. The van der Waals surface area contributed by atoms with Crippen LogP contribution in [0.5, 0.6) is 11.5 Å². The average Bonchev–Trinajstić information content (AvgIpc) is 3.05. The van der Waals surface area contributed by atoms with Gasteiger partial charge < -0.3 is 9.47 Å². The molecule has 3 aromatic carbocycles. The van der Waals surface area contributed by atoms with E-state index in [-0.39, 0.29) is 22.1 Å². The van der Waals surface area contributed by atoms with Crippen molar-refractivity contribution in [3.63, 3.8) is 0 Å². The van der Waals surface area contributed by atoms with Crippen molar-refractivity contribution in [2.45, 2.75) is 6.92 Å². The number of hydrogen-bond acceptors (Lipinski definition) is 3. The smallest absolute Gasteiger partial charge is 0.232 e. The summed E-state index contributed by atoms with van der Waals surface area (Å²) in [6.45, 7) is 2.18. The molecule has 0 bridgehead atoms. The number of hydrogen-bond donors (Lipinski definition) is 0. The Hall–Kier alpha value is -3.37. The minimum atomic E-state index is -0.520. The SMILES string of the molecule is Cc1cc(OC/C=C/c2ccccc2)cc2c1C(=O)/C(=C/c1c(F)cccc1Cl)O2. The molecule has 3 aromatic rings. The minimum Gasteiger partial charge on any atom is -0.489 e. The molecule has 4 rings (SSSR count). The van der Waals surface area contributed by atoms with E-state index in [0.717, 1.165) is 11.1 Å². The molecule has 0 saturated heterocycles. The summed E-state index contributed by atoms with van der Waals surface area (Å²) in [4.78, 5) is 12.8. The van der Waals surface area contributed by atoms with E-state index in [1.807, 2.05) is 49.4 Å². The monoisotopic (exact) mass is 420 g/mol. The summed E-state index contributed by atoms with van der Waals surface area (Å²) in [5.41, 5.74) is 2.38. The summed E-state index contributed by atoms with van der Waals surface area (Å²) < 4.78 is 25.6. The van der Waals surface area contributed by atoms with Crippen LogP contribution in [0.15, 0.2) is 72.5 Å². The Morgan fingerprint density at radius 2 is 1.90 bits per heavy atom. The fourth-order valence-electron chi connectivity index (χ4n) is 3.23. The van der Waals surface area contributed by atoms with Crippen LogP contribution in [-0.2, 0) is 0 Å². The van der Waals surface area contributed by atoms with Crippen molar-refractivity contribution in [3.05, 3.63) is 106 Å². The van der Waals surface area contributed by atoms with Gasteiger partial charge in [0.05, 0.1) is 10.6 Å². The van der Waals surface area contributed by atoms with Crippen molar-refractivity contribution >= 4 is 29.5 Å². The Labute approximate surface area is 179 Å². The zero-order valence-corrected chi connectivity index (χ0v) is 16.9. The van der Waals surface area contributed by atoms with Crippen molar-refractivity contribution in [3.8, 4) is 11.5 Å². The third-order valence-corrected chi connectivity index (χ3v) is 5.00. The quantitative estimate of drug-likeness (QED) is 0.442. The molecule has 150 valence electrons. The second-order valence-electron chi connectivity index (χ2n) is 6.81. The van der Waals surface area contributed by atoms with Crippen molar-refractivity contribution < 1.29 is 18.7 Å². The number of carbonyl (C=O) groups excluding carboxylic acids is 1. The number of rotatable bonds is 5. The second kappa shape index (κ2) is 8.56. The van der Waals surface area contributed by atoms with Gasteiger partial charge in [0.15, 0.2) is 5.76 Å². The van der Waals surface area contributed by atoms with Crippen LogP contribution in [0.3, 0.4) is 0 Å². The predicted octanol–water partition coefficient (Wildman–Crippen LogP) is 6.50. The molecule has 0 unspecified atom stereocenters. The maximum atomic E-state index is 14.1. The summed E-state index contributed by atoms with van der Waals surface area (Å²) in [5.74, 6) is 0.176. The number of Topliss-reactive ketones (excluding diaryl/α,β-unsaturated/α-hetero) is 1. The van der Waals surface area contributed by atoms with Gasteiger partial charge in [-0.15, -0.1) is 0 Å². The molecule has 1 aliphatic heterocycles. The van der Waals surface area contributed by atoms with E-state index in [1.54, 1.807) is 18.2 Å². The second-order valence-corrected chi connectivity index (χ2v) is 7.22. The predicted molar refractivity (Wildman–Crippen MR) is 116 cm³/mol. The van der Waals surface area contributed by atoms with Gasteiger partial charge in [0.25, 0.3) is 0 Å². The third-order valence-electron chi connectivity index (χ3n) is 4.67. The van der Waals surface area contributed by atoms with E-state index in [2.05, 4.69) is 0 Å². The number of ketones is 1. The van der Waals surface area contributed by atoms with Gasteiger partial charge in [0.2, 0.25) is 5.78 Å². The zero-order chi connectivity index (χ0) is 21.1. The number of carbonyl (C=O) groups is 1. The van der Waals surface area contributed by atoms with Crippen molar-refractivity contribution in [1.29, 1.82) is 0 Å². The highest BCUT2D eigenvalue weighted by molar-refractivity contribution is 6.32. The van der Waals surface area contributed by atoms with Gasteiger partial charge in [-0.1, -0.05) is 54.1 Å². The van der Waals surface area contributed by atoms with Gasteiger partial charge in [-0.3, -0.25) is 4.79 Å². The van der Waals surface area contributed by atoms with E-state index >= 15 is 0 Å². The molecule has 0 amide bonds. The van der Waals surface area contributed by atoms with E-state index < -0.39 is 5.82 Å². The molecule has 0 fully saturated rings. The topological polar surface area (TPSA) is 35.5 Å². The van der Waals surface area contributed by atoms with E-state index in [1.165, 1.54) is 18.2 Å². The highest BCUT2D eigenvalue weighted by Crippen LogP contribution is 2.38. The van der Waals surface area contributed by atoms with Crippen LogP contribution in [0.4, 0.5) is 4.39 Å². The summed E-state index contributed by atoms with van der Waals surface area (Å²) in [5, 5.41) is 0.209. The first-order valence-electron chi connectivity index (χ1n) is 9.40. The molecule has 30 heavy (non-hydrogen) atoms. The maximum absolute atomic E-state index is 14.1. The van der Waals surface area contributed by atoms with Crippen molar-refractivity contribution in [2.24, 2.45) is 0 Å². The Morgan fingerprint density at radius 1 is 1.10 bits per heavy atom. The van der Waals surface area contributed by atoms with Gasteiger partial charge in [0, 0.05) is 11.6 Å². The van der Waals surface area contributed by atoms with Crippen molar-refractivity contribution in [1.82, 2.24) is 0 Å². The van der Waals surface area contributed by atoms with Crippen molar-refractivity contribution in [2.75, 3.05) is 6.61 Å². The molecule has 5 heteroatoms. The van der Waals surface area contributed by atoms with Crippen LogP contribution in [-0.4, -0.2) is 12.4 Å². The normalized spacial score (nSPS) is 14.2. The zero-order valence-electron chi connectivity index (χ0n) is 16.2. The van der Waals surface area contributed by atoms with E-state index in [0.29, 0.717) is 23.7 Å². The molecule has 0 spiro atoms. The maximum Gasteiger partial charge on any atom is 0.232 e. The first-order valence-corrected chi connectivity index (χ1v) is 9.78. The van der Waals surface area contributed by atoms with Gasteiger partial charge in [-0.05, 0) is 48.4 Å². The fraction of sp³-hybridized carbons (Fsp3) is 0.0800. The molecule has 1 aliphatic rings. The van der Waals surface area contributed by atoms with E-state index in [4.69, 9.17) is 21.1 Å². The molecule has 0 aliphatic carbocycles. The summed E-state index contributed by atoms with van der Waals surface area (Å²) >= 11 is 6.06.